The van der Waals surface area contributed by atoms with Gasteiger partial charge in [-0.2, -0.15) is 0 Å². The lowest BCUT2D eigenvalue weighted by Gasteiger charge is -1.92. The average molecular weight is 302 g/mol. The molecule has 4 aliphatic carbocycles. The van der Waals surface area contributed by atoms with Crippen molar-refractivity contribution in [2.45, 2.75) is 0 Å². The normalized spacial score (nSPS) is 9.83. The zero-order valence-electron chi connectivity index (χ0n) is 13.1. The van der Waals surface area contributed by atoms with E-state index in [0.29, 0.717) is 0 Å². The summed E-state index contributed by atoms with van der Waals surface area (Å²) in [6, 6.07) is 28.9. The van der Waals surface area contributed by atoms with Gasteiger partial charge in [-0.15, -0.1) is 0 Å². The van der Waals surface area contributed by atoms with E-state index in [1.165, 1.54) is 22.3 Å². The van der Waals surface area contributed by atoms with Crippen molar-refractivity contribution in [1.82, 2.24) is 0 Å². The molecule has 0 atom stereocenters. The Kier molecular flexibility index (Phi) is 3.73. The highest BCUT2D eigenvalue weighted by Gasteiger charge is 2.05. The Hall–Kier alpha value is -3.48. The topological polar surface area (TPSA) is 0 Å². The predicted molar refractivity (Wildman–Crippen MR) is 99.9 cm³/mol. The fraction of sp³-hybridized carbons (Fsp3) is 0. The van der Waals surface area contributed by atoms with E-state index in [-0.39, 0.29) is 0 Å². The van der Waals surface area contributed by atoms with Crippen LogP contribution in [0.15, 0.2) is 84.9 Å². The molecule has 0 bridgehead atoms. The zero-order valence-corrected chi connectivity index (χ0v) is 13.1. The number of hydrogen-bond donors (Lipinski definition) is 0. The molecule has 0 aliphatic heterocycles. The van der Waals surface area contributed by atoms with Gasteiger partial charge in [-0.1, -0.05) is 84.6 Å². The van der Waals surface area contributed by atoms with Gasteiger partial charge in [0.1, 0.15) is 0 Å². The summed E-state index contributed by atoms with van der Waals surface area (Å²) in [5.41, 5.74) is 6.78. The maximum atomic E-state index is 3.17. The van der Waals surface area contributed by atoms with Crippen LogP contribution in [0, 0.1) is 23.7 Å². The molecule has 4 rings (SSSR count). The van der Waals surface area contributed by atoms with Crippen LogP contribution < -0.4 is 0 Å². The van der Waals surface area contributed by atoms with Crippen molar-refractivity contribution in [3.63, 3.8) is 0 Å². The highest BCUT2D eigenvalue weighted by molar-refractivity contribution is 5.76. The van der Waals surface area contributed by atoms with E-state index in [4.69, 9.17) is 0 Å². The Labute approximate surface area is 142 Å². The van der Waals surface area contributed by atoms with Gasteiger partial charge in [-0.3, -0.25) is 0 Å². The summed E-state index contributed by atoms with van der Waals surface area (Å²) in [4.78, 5) is 0. The maximum absolute atomic E-state index is 3.17. The van der Waals surface area contributed by atoms with E-state index < -0.39 is 0 Å². The lowest BCUT2D eigenvalue weighted by molar-refractivity contribution is 1.77. The molecular weight excluding hydrogens is 288 g/mol. The minimum atomic E-state index is 1.02. The van der Waals surface area contributed by atoms with Gasteiger partial charge < -0.3 is 0 Å². The quantitative estimate of drug-likeness (QED) is 0.387. The Morgan fingerprint density at radius 2 is 0.875 bits per heavy atom. The van der Waals surface area contributed by atoms with Crippen LogP contribution in [-0.2, 0) is 0 Å². The molecule has 0 fully saturated rings. The molecule has 4 aliphatic rings. The maximum Gasteiger partial charge on any atom is 0.0334 e. The first-order valence-corrected chi connectivity index (χ1v) is 7.89. The molecule has 0 N–H and O–H groups in total. The van der Waals surface area contributed by atoms with Crippen molar-refractivity contribution in [2.24, 2.45) is 0 Å². The molecule has 24 heavy (non-hydrogen) atoms. The van der Waals surface area contributed by atoms with Crippen molar-refractivity contribution in [3.8, 4) is 45.9 Å². The number of fused-ring (bicyclic) bond motifs is 2. The van der Waals surface area contributed by atoms with E-state index in [0.717, 1.165) is 11.1 Å². The molecule has 110 valence electrons. The van der Waals surface area contributed by atoms with Gasteiger partial charge in [-0.25, -0.2) is 0 Å². The molecule has 0 heterocycles. The summed E-state index contributed by atoms with van der Waals surface area (Å²) in [7, 11) is 0. The SMILES string of the molecule is C(C#Cc1ccc2cccccc1-2)#Cc1ccc2cccccc1-2. The van der Waals surface area contributed by atoms with Crippen molar-refractivity contribution in [1.29, 1.82) is 0 Å². The average Bonchev–Trinajstić information content (AvgIpc) is 2.96. The van der Waals surface area contributed by atoms with Crippen LogP contribution in [-0.4, -0.2) is 0 Å². The van der Waals surface area contributed by atoms with Gasteiger partial charge in [0.05, 0.1) is 0 Å². The standard InChI is InChI=1S/C24H14/c1-3-9-19-15-17-21(23(19)13-5-1)11-7-8-12-22-18-16-20-10-4-2-6-14-24(20)22/h1-6,9-10,13-18H. The molecule has 0 aromatic rings. The molecule has 0 saturated heterocycles. The highest BCUT2D eigenvalue weighted by atomic mass is 14.1. The van der Waals surface area contributed by atoms with E-state index in [1.807, 2.05) is 36.4 Å². The zero-order chi connectivity index (χ0) is 16.2. The molecule has 0 aromatic carbocycles. The molecular formula is C24H14. The third-order valence-electron chi connectivity index (χ3n) is 4.04. The van der Waals surface area contributed by atoms with Crippen LogP contribution in [0.4, 0.5) is 0 Å². The molecule has 0 heteroatoms. The number of rotatable bonds is 0. The first-order valence-electron chi connectivity index (χ1n) is 7.89. The lowest BCUT2D eigenvalue weighted by Crippen LogP contribution is -1.73. The molecule has 0 saturated carbocycles. The fourth-order valence-electron chi connectivity index (χ4n) is 2.84. The highest BCUT2D eigenvalue weighted by Crippen LogP contribution is 2.26. The molecule has 0 unspecified atom stereocenters. The van der Waals surface area contributed by atoms with Crippen LogP contribution >= 0.6 is 0 Å². The summed E-state index contributed by atoms with van der Waals surface area (Å²) >= 11 is 0. The molecule has 0 amide bonds. The summed E-state index contributed by atoms with van der Waals surface area (Å²) < 4.78 is 0. The molecule has 0 radical (unpaired) electrons. The van der Waals surface area contributed by atoms with Crippen molar-refractivity contribution in [3.05, 3.63) is 96.1 Å². The molecule has 0 spiro atoms. The van der Waals surface area contributed by atoms with Gasteiger partial charge >= 0.3 is 0 Å². The Bertz CT molecular complexity index is 975. The van der Waals surface area contributed by atoms with Gasteiger partial charge in [-0.05, 0) is 46.2 Å². The Balaban J connectivity index is 1.63. The van der Waals surface area contributed by atoms with Crippen LogP contribution in [0.1, 0.15) is 11.1 Å². The predicted octanol–water partition coefficient (Wildman–Crippen LogP) is 5.30. The third-order valence-corrected chi connectivity index (χ3v) is 4.04. The van der Waals surface area contributed by atoms with E-state index in [1.54, 1.807) is 0 Å². The monoisotopic (exact) mass is 302 g/mol. The van der Waals surface area contributed by atoms with Crippen molar-refractivity contribution in [2.75, 3.05) is 0 Å². The van der Waals surface area contributed by atoms with E-state index in [2.05, 4.69) is 72.2 Å². The van der Waals surface area contributed by atoms with Crippen molar-refractivity contribution >= 4 is 0 Å². The largest absolute Gasteiger partial charge is 0.0622 e. The van der Waals surface area contributed by atoms with Crippen LogP contribution in [0.3, 0.4) is 0 Å². The molecule has 0 nitrogen and oxygen atoms in total. The fourth-order valence-corrected chi connectivity index (χ4v) is 2.84. The van der Waals surface area contributed by atoms with E-state index >= 15 is 0 Å². The number of hydrogen-bond acceptors (Lipinski definition) is 0. The van der Waals surface area contributed by atoms with E-state index in [9.17, 15) is 0 Å². The third kappa shape index (κ3) is 2.74. The second kappa shape index (κ2) is 6.33. The summed E-state index contributed by atoms with van der Waals surface area (Å²) in [6.45, 7) is 0. The minimum absolute atomic E-state index is 1.02. The molecule has 0 aromatic heterocycles. The second-order valence-electron chi connectivity index (χ2n) is 5.55. The van der Waals surface area contributed by atoms with Crippen LogP contribution in [0.25, 0.3) is 22.3 Å². The van der Waals surface area contributed by atoms with Gasteiger partial charge in [0.15, 0.2) is 0 Å². The Morgan fingerprint density at radius 3 is 1.38 bits per heavy atom. The second-order valence-corrected chi connectivity index (χ2v) is 5.55. The Morgan fingerprint density at radius 1 is 0.417 bits per heavy atom. The van der Waals surface area contributed by atoms with Gasteiger partial charge in [0.25, 0.3) is 0 Å². The summed E-state index contributed by atoms with van der Waals surface area (Å²) in [6.07, 6.45) is 0. The summed E-state index contributed by atoms with van der Waals surface area (Å²) in [5.74, 6) is 12.3. The first-order chi connectivity index (χ1) is 11.9. The minimum Gasteiger partial charge on any atom is -0.0622 e. The summed E-state index contributed by atoms with van der Waals surface area (Å²) in [5, 5.41) is 0. The lowest BCUT2D eigenvalue weighted by atomic mass is 10.1. The van der Waals surface area contributed by atoms with Gasteiger partial charge in [0.2, 0.25) is 0 Å². The van der Waals surface area contributed by atoms with Gasteiger partial charge in [0, 0.05) is 11.1 Å². The van der Waals surface area contributed by atoms with Crippen LogP contribution in [0.5, 0.6) is 0 Å². The van der Waals surface area contributed by atoms with Crippen molar-refractivity contribution < 1.29 is 0 Å². The first kappa shape index (κ1) is 14.1. The smallest absolute Gasteiger partial charge is 0.0334 e. The van der Waals surface area contributed by atoms with Crippen LogP contribution in [0.2, 0.25) is 0 Å².